The van der Waals surface area contributed by atoms with Crippen LogP contribution >= 0.6 is 0 Å². The van der Waals surface area contributed by atoms with Gasteiger partial charge in [0.25, 0.3) is 17.7 Å². The van der Waals surface area contributed by atoms with Gasteiger partial charge in [-0.1, -0.05) is 12.1 Å². The van der Waals surface area contributed by atoms with Crippen molar-refractivity contribution in [3.05, 3.63) is 64.7 Å². The van der Waals surface area contributed by atoms with E-state index < -0.39 is 11.8 Å². The second kappa shape index (κ2) is 7.19. The summed E-state index contributed by atoms with van der Waals surface area (Å²) in [6, 6.07) is 6.54. The molecule has 1 aromatic heterocycles. The fourth-order valence-electron chi connectivity index (χ4n) is 3.92. The fourth-order valence-corrected chi connectivity index (χ4v) is 3.92. The Morgan fingerprint density at radius 3 is 2.23 bits per heavy atom. The van der Waals surface area contributed by atoms with Crippen LogP contribution in [0.4, 0.5) is 4.39 Å². The first-order valence-electron chi connectivity index (χ1n) is 9.82. The largest absolute Gasteiger partial charge is 0.333 e. The number of carbonyl (C=O) groups is 3. The van der Waals surface area contributed by atoms with Gasteiger partial charge in [-0.25, -0.2) is 4.39 Å². The molecule has 0 spiro atoms. The van der Waals surface area contributed by atoms with Crippen molar-refractivity contribution >= 4 is 17.7 Å². The van der Waals surface area contributed by atoms with Crippen molar-refractivity contribution in [1.29, 1.82) is 0 Å². The number of carbonyl (C=O) groups excluding carboxylic acids is 3. The number of nitrogens with zero attached hydrogens (tertiary/aromatic N) is 4. The Bertz CT molecular complexity index is 1050. The predicted molar refractivity (Wildman–Crippen MR) is 108 cm³/mol. The molecule has 0 atom stereocenters. The van der Waals surface area contributed by atoms with Gasteiger partial charge in [0, 0.05) is 24.7 Å². The highest BCUT2D eigenvalue weighted by molar-refractivity contribution is 6.21. The molecule has 2 aliphatic heterocycles. The molecule has 2 aliphatic rings. The minimum atomic E-state index is -0.439. The third-order valence-electron chi connectivity index (χ3n) is 5.45. The summed E-state index contributed by atoms with van der Waals surface area (Å²) in [4.78, 5) is 40.7. The van der Waals surface area contributed by atoms with E-state index in [2.05, 4.69) is 5.10 Å². The summed E-state index contributed by atoms with van der Waals surface area (Å²) < 4.78 is 15.1. The predicted octanol–water partition coefficient (Wildman–Crippen LogP) is 2.83. The quantitative estimate of drug-likeness (QED) is 0.727. The normalized spacial score (nSPS) is 16.9. The number of hydrogen-bond acceptors (Lipinski definition) is 4. The standard InChI is InChI=1S/C22H23FN4O3/c1-22(2,3)27-9-8-18-17(21(27)30)13-25(24-18)11-14(10-23)12-26-19(28)15-6-4-5-7-16(15)20(26)29/h4-7,10,13H,8-9,11-12H2,1-3H3. The number of aromatic nitrogens is 2. The number of rotatable bonds is 4. The summed E-state index contributed by atoms with van der Waals surface area (Å²) >= 11 is 0. The smallest absolute Gasteiger partial charge is 0.261 e. The van der Waals surface area contributed by atoms with Crippen molar-refractivity contribution in [3.63, 3.8) is 0 Å². The van der Waals surface area contributed by atoms with E-state index in [1.54, 1.807) is 35.4 Å². The summed E-state index contributed by atoms with van der Waals surface area (Å²) in [6.07, 6.45) is 2.63. The Labute approximate surface area is 173 Å². The fraction of sp³-hybridized carbons (Fsp3) is 0.364. The molecule has 1 aromatic carbocycles. The summed E-state index contributed by atoms with van der Waals surface area (Å²) in [5.74, 6) is -0.975. The molecule has 0 saturated heterocycles. The van der Waals surface area contributed by atoms with Gasteiger partial charge in [0.1, 0.15) is 0 Å². The van der Waals surface area contributed by atoms with Crippen LogP contribution in [0.15, 0.2) is 42.4 Å². The monoisotopic (exact) mass is 410 g/mol. The van der Waals surface area contributed by atoms with Gasteiger partial charge in [0.05, 0.1) is 41.8 Å². The molecular formula is C22H23FN4O3. The molecule has 0 radical (unpaired) electrons. The van der Waals surface area contributed by atoms with Crippen LogP contribution < -0.4 is 0 Å². The van der Waals surface area contributed by atoms with Crippen molar-refractivity contribution < 1.29 is 18.8 Å². The first-order chi connectivity index (χ1) is 14.2. The molecule has 0 N–H and O–H groups in total. The van der Waals surface area contributed by atoms with Crippen LogP contribution in [0.2, 0.25) is 0 Å². The zero-order valence-electron chi connectivity index (χ0n) is 17.2. The molecule has 4 rings (SSSR count). The average molecular weight is 410 g/mol. The molecule has 0 fully saturated rings. The highest BCUT2D eigenvalue weighted by Crippen LogP contribution is 2.26. The third-order valence-corrected chi connectivity index (χ3v) is 5.45. The van der Waals surface area contributed by atoms with E-state index in [1.165, 1.54) is 4.68 Å². The second-order valence-electron chi connectivity index (χ2n) is 8.57. The maximum atomic E-state index is 13.6. The van der Waals surface area contributed by atoms with Crippen molar-refractivity contribution in [2.75, 3.05) is 13.1 Å². The van der Waals surface area contributed by atoms with Gasteiger partial charge in [-0.3, -0.25) is 24.0 Å². The van der Waals surface area contributed by atoms with E-state index in [4.69, 9.17) is 0 Å². The van der Waals surface area contributed by atoms with Gasteiger partial charge in [0.15, 0.2) is 0 Å². The van der Waals surface area contributed by atoms with Crippen LogP contribution in [0.25, 0.3) is 0 Å². The van der Waals surface area contributed by atoms with Crippen molar-refractivity contribution in [1.82, 2.24) is 19.6 Å². The van der Waals surface area contributed by atoms with Crippen LogP contribution in [0.3, 0.4) is 0 Å². The summed E-state index contributed by atoms with van der Waals surface area (Å²) in [6.45, 7) is 6.38. The lowest BCUT2D eigenvalue weighted by atomic mass is 9.99. The highest BCUT2D eigenvalue weighted by atomic mass is 19.1. The Hall–Kier alpha value is -3.29. The molecule has 0 saturated carbocycles. The summed E-state index contributed by atoms with van der Waals surface area (Å²) in [5, 5.41) is 4.43. The Kier molecular flexibility index (Phi) is 4.80. The number of amides is 3. The van der Waals surface area contributed by atoms with Crippen LogP contribution in [-0.2, 0) is 13.0 Å². The zero-order chi connectivity index (χ0) is 21.6. The lowest BCUT2D eigenvalue weighted by Gasteiger charge is -2.37. The molecule has 0 unspecified atom stereocenters. The SMILES string of the molecule is CC(C)(C)N1CCc2nn(CC(=CF)CN3C(=O)c4ccccc4C3=O)cc2C1=O. The highest BCUT2D eigenvalue weighted by Gasteiger charge is 2.36. The minimum absolute atomic E-state index is 0.0414. The van der Waals surface area contributed by atoms with Crippen LogP contribution in [-0.4, -0.2) is 55.9 Å². The minimum Gasteiger partial charge on any atom is -0.333 e. The number of fused-ring (bicyclic) bond motifs is 2. The topological polar surface area (TPSA) is 75.5 Å². The van der Waals surface area contributed by atoms with E-state index >= 15 is 0 Å². The zero-order valence-corrected chi connectivity index (χ0v) is 17.2. The molecular weight excluding hydrogens is 387 g/mol. The third kappa shape index (κ3) is 3.32. The van der Waals surface area contributed by atoms with Crippen molar-refractivity contribution in [3.8, 4) is 0 Å². The van der Waals surface area contributed by atoms with Crippen LogP contribution in [0.1, 0.15) is 57.5 Å². The molecule has 156 valence electrons. The van der Waals surface area contributed by atoms with E-state index in [0.717, 1.165) is 4.90 Å². The first-order valence-corrected chi connectivity index (χ1v) is 9.82. The first kappa shape index (κ1) is 20.0. The van der Waals surface area contributed by atoms with E-state index in [9.17, 15) is 18.8 Å². The second-order valence-corrected chi connectivity index (χ2v) is 8.57. The lowest BCUT2D eigenvalue weighted by molar-refractivity contribution is 0.0560. The number of imide groups is 1. The molecule has 8 heteroatoms. The van der Waals surface area contributed by atoms with Gasteiger partial charge in [-0.05, 0) is 38.5 Å². The molecule has 3 amide bonds. The maximum Gasteiger partial charge on any atom is 0.261 e. The van der Waals surface area contributed by atoms with Crippen LogP contribution in [0.5, 0.6) is 0 Å². The van der Waals surface area contributed by atoms with Crippen molar-refractivity contribution in [2.24, 2.45) is 0 Å². The number of benzene rings is 1. The van der Waals surface area contributed by atoms with Gasteiger partial charge >= 0.3 is 0 Å². The lowest BCUT2D eigenvalue weighted by Crippen LogP contribution is -2.49. The van der Waals surface area contributed by atoms with E-state index in [0.29, 0.717) is 41.7 Å². The molecule has 30 heavy (non-hydrogen) atoms. The molecule has 0 bridgehead atoms. The maximum absolute atomic E-state index is 13.6. The molecule has 3 heterocycles. The van der Waals surface area contributed by atoms with Gasteiger partial charge in [0.2, 0.25) is 0 Å². The van der Waals surface area contributed by atoms with Gasteiger partial charge in [-0.15, -0.1) is 0 Å². The van der Waals surface area contributed by atoms with E-state index in [1.807, 2.05) is 20.8 Å². The van der Waals surface area contributed by atoms with Crippen molar-refractivity contribution in [2.45, 2.75) is 39.3 Å². The van der Waals surface area contributed by atoms with Crippen LogP contribution in [0, 0.1) is 0 Å². The summed E-state index contributed by atoms with van der Waals surface area (Å²) in [5.41, 5.74) is 1.75. The molecule has 7 nitrogen and oxygen atoms in total. The Balaban J connectivity index is 1.51. The summed E-state index contributed by atoms with van der Waals surface area (Å²) in [7, 11) is 0. The average Bonchev–Trinajstić information content (AvgIpc) is 3.22. The van der Waals surface area contributed by atoms with E-state index in [-0.39, 0.29) is 30.1 Å². The van der Waals surface area contributed by atoms with Gasteiger partial charge in [-0.2, -0.15) is 5.10 Å². The number of hydrogen-bond donors (Lipinski definition) is 0. The molecule has 0 aliphatic carbocycles. The van der Waals surface area contributed by atoms with Gasteiger partial charge < -0.3 is 4.90 Å². The Morgan fingerprint density at radius 1 is 1.03 bits per heavy atom. The number of halogens is 1. The molecule has 2 aromatic rings. The Morgan fingerprint density at radius 2 is 1.67 bits per heavy atom.